The number of ether oxygens (including phenoxy) is 1. The van der Waals surface area contributed by atoms with E-state index >= 15 is 0 Å². The molecule has 0 aromatic heterocycles. The lowest BCUT2D eigenvalue weighted by molar-refractivity contribution is -0.175. The van der Waals surface area contributed by atoms with Crippen LogP contribution in [0.3, 0.4) is 0 Å². The lowest BCUT2D eigenvalue weighted by Crippen LogP contribution is -2.41. The molecular weight excluding hydrogens is 303 g/mol. The standard InChI is InChI=1S/C11H9ClF3NO4/c1-20-7-3-2-5(4-6(7)12)8(9(17)18)16-10(19)11(13,14)15/h2-4,8H,1H3,(H,16,19)(H,17,18). The van der Waals surface area contributed by atoms with E-state index in [1.165, 1.54) is 24.6 Å². The Kier molecular flexibility index (Phi) is 4.83. The van der Waals surface area contributed by atoms with Crippen molar-refractivity contribution >= 4 is 23.5 Å². The van der Waals surface area contributed by atoms with Crippen LogP contribution in [-0.2, 0) is 9.59 Å². The fraction of sp³-hybridized carbons (Fsp3) is 0.273. The van der Waals surface area contributed by atoms with Gasteiger partial charge < -0.3 is 15.2 Å². The van der Waals surface area contributed by atoms with E-state index < -0.39 is 24.1 Å². The monoisotopic (exact) mass is 311 g/mol. The zero-order chi connectivity index (χ0) is 15.5. The lowest BCUT2D eigenvalue weighted by Gasteiger charge is -2.16. The van der Waals surface area contributed by atoms with Crippen LogP contribution < -0.4 is 10.1 Å². The number of hydrogen-bond acceptors (Lipinski definition) is 3. The van der Waals surface area contributed by atoms with Gasteiger partial charge in [-0.15, -0.1) is 0 Å². The molecule has 1 atom stereocenters. The number of rotatable bonds is 4. The molecule has 5 nitrogen and oxygen atoms in total. The van der Waals surface area contributed by atoms with Crippen LogP contribution in [-0.4, -0.2) is 30.3 Å². The highest BCUT2D eigenvalue weighted by molar-refractivity contribution is 6.32. The van der Waals surface area contributed by atoms with Gasteiger partial charge in [0.05, 0.1) is 12.1 Å². The summed E-state index contributed by atoms with van der Waals surface area (Å²) in [6.07, 6.45) is -5.18. The minimum absolute atomic E-state index is 0.0116. The summed E-state index contributed by atoms with van der Waals surface area (Å²) in [7, 11) is 1.32. The van der Waals surface area contributed by atoms with Crippen molar-refractivity contribution in [1.82, 2.24) is 5.32 Å². The van der Waals surface area contributed by atoms with Gasteiger partial charge in [-0.05, 0) is 17.7 Å². The van der Waals surface area contributed by atoms with E-state index in [-0.39, 0.29) is 16.3 Å². The van der Waals surface area contributed by atoms with E-state index in [0.717, 1.165) is 6.07 Å². The number of halogens is 4. The molecule has 0 spiro atoms. The smallest absolute Gasteiger partial charge is 0.471 e. The SMILES string of the molecule is COc1ccc(C(NC(=O)C(F)(F)F)C(=O)O)cc1Cl. The van der Waals surface area contributed by atoms with Crippen molar-refractivity contribution in [2.24, 2.45) is 0 Å². The second kappa shape index (κ2) is 6.00. The normalized spacial score (nSPS) is 12.7. The van der Waals surface area contributed by atoms with Crippen molar-refractivity contribution in [2.75, 3.05) is 7.11 Å². The van der Waals surface area contributed by atoms with Crippen molar-refractivity contribution < 1.29 is 32.6 Å². The van der Waals surface area contributed by atoms with Crippen LogP contribution in [0.2, 0.25) is 5.02 Å². The predicted molar refractivity (Wildman–Crippen MR) is 62.6 cm³/mol. The highest BCUT2D eigenvalue weighted by Gasteiger charge is 2.41. The van der Waals surface area contributed by atoms with E-state index in [2.05, 4.69) is 0 Å². The Morgan fingerprint density at radius 3 is 2.40 bits per heavy atom. The fourth-order valence-corrected chi connectivity index (χ4v) is 1.63. The molecular formula is C11H9ClF3NO4. The molecule has 9 heteroatoms. The maximum absolute atomic E-state index is 12.1. The minimum Gasteiger partial charge on any atom is -0.495 e. The maximum Gasteiger partial charge on any atom is 0.471 e. The first kappa shape index (κ1) is 16.1. The first-order valence-corrected chi connectivity index (χ1v) is 5.48. The number of methoxy groups -OCH3 is 1. The van der Waals surface area contributed by atoms with Crippen molar-refractivity contribution in [2.45, 2.75) is 12.2 Å². The molecule has 1 amide bonds. The first-order chi connectivity index (χ1) is 9.16. The van der Waals surface area contributed by atoms with Crippen molar-refractivity contribution in [3.63, 3.8) is 0 Å². The zero-order valence-corrected chi connectivity index (χ0v) is 10.7. The number of carboxylic acids is 1. The topological polar surface area (TPSA) is 75.6 Å². The van der Waals surface area contributed by atoms with Gasteiger partial charge in [0, 0.05) is 0 Å². The number of carboxylic acid groups (broad SMARTS) is 1. The van der Waals surface area contributed by atoms with Crippen molar-refractivity contribution in [3.05, 3.63) is 28.8 Å². The minimum atomic E-state index is -5.18. The number of nitrogens with one attached hydrogen (secondary N) is 1. The van der Waals surface area contributed by atoms with Gasteiger partial charge in [-0.3, -0.25) is 4.79 Å². The van der Waals surface area contributed by atoms with E-state index in [1.807, 2.05) is 0 Å². The Morgan fingerprint density at radius 1 is 1.40 bits per heavy atom. The number of hydrogen-bond donors (Lipinski definition) is 2. The summed E-state index contributed by atoms with van der Waals surface area (Å²) in [5.41, 5.74) is -0.110. The van der Waals surface area contributed by atoms with Gasteiger partial charge in [-0.25, -0.2) is 4.79 Å². The van der Waals surface area contributed by atoms with Crippen LogP contribution in [0.15, 0.2) is 18.2 Å². The van der Waals surface area contributed by atoms with E-state index in [9.17, 15) is 22.8 Å². The summed E-state index contributed by atoms with van der Waals surface area (Å²) in [6, 6.07) is 1.72. The van der Waals surface area contributed by atoms with Gasteiger partial charge in [0.1, 0.15) is 5.75 Å². The van der Waals surface area contributed by atoms with Gasteiger partial charge in [0.15, 0.2) is 6.04 Å². The van der Waals surface area contributed by atoms with Gasteiger partial charge in [-0.1, -0.05) is 17.7 Å². The molecule has 20 heavy (non-hydrogen) atoms. The molecule has 0 saturated carbocycles. The van der Waals surface area contributed by atoms with Crippen molar-refractivity contribution in [1.29, 1.82) is 0 Å². The lowest BCUT2D eigenvalue weighted by atomic mass is 10.1. The second-order valence-corrected chi connectivity index (χ2v) is 4.04. The third-order valence-corrected chi connectivity index (χ3v) is 2.58. The second-order valence-electron chi connectivity index (χ2n) is 3.64. The molecule has 1 aromatic carbocycles. The average Bonchev–Trinajstić information content (AvgIpc) is 2.33. The molecule has 0 aliphatic carbocycles. The molecule has 0 heterocycles. The Morgan fingerprint density at radius 2 is 2.00 bits per heavy atom. The van der Waals surface area contributed by atoms with E-state index in [4.69, 9.17) is 21.4 Å². The molecule has 1 rings (SSSR count). The predicted octanol–water partition coefficient (Wildman–Crippen LogP) is 2.15. The van der Waals surface area contributed by atoms with Gasteiger partial charge in [0.2, 0.25) is 0 Å². The molecule has 110 valence electrons. The molecule has 0 saturated heterocycles. The third-order valence-electron chi connectivity index (χ3n) is 2.29. The quantitative estimate of drug-likeness (QED) is 0.893. The third kappa shape index (κ3) is 3.77. The number of carbonyl (C=O) groups is 2. The van der Waals surface area contributed by atoms with E-state index in [1.54, 1.807) is 0 Å². The summed E-state index contributed by atoms with van der Waals surface area (Å²) < 4.78 is 41.2. The highest BCUT2D eigenvalue weighted by Crippen LogP contribution is 2.28. The van der Waals surface area contributed by atoms with Crippen LogP contribution in [0.5, 0.6) is 5.75 Å². The number of alkyl halides is 3. The van der Waals surface area contributed by atoms with E-state index in [0.29, 0.717) is 0 Å². The summed E-state index contributed by atoms with van der Waals surface area (Å²) >= 11 is 5.75. The zero-order valence-electron chi connectivity index (χ0n) is 9.99. The largest absolute Gasteiger partial charge is 0.495 e. The van der Waals surface area contributed by atoms with Crippen LogP contribution in [0.25, 0.3) is 0 Å². The summed E-state index contributed by atoms with van der Waals surface area (Å²) in [6.45, 7) is 0. The van der Waals surface area contributed by atoms with Crippen LogP contribution in [0.1, 0.15) is 11.6 Å². The van der Waals surface area contributed by atoms with Gasteiger partial charge >= 0.3 is 18.1 Å². The Labute approximate surface area is 116 Å². The van der Waals surface area contributed by atoms with Crippen LogP contribution in [0.4, 0.5) is 13.2 Å². The molecule has 0 aliphatic rings. The maximum atomic E-state index is 12.1. The van der Waals surface area contributed by atoms with Gasteiger partial charge in [-0.2, -0.15) is 13.2 Å². The Balaban J connectivity index is 3.06. The molecule has 0 radical (unpaired) electrons. The number of aliphatic carboxylic acids is 1. The average molecular weight is 312 g/mol. The van der Waals surface area contributed by atoms with Gasteiger partial charge in [0.25, 0.3) is 0 Å². The first-order valence-electron chi connectivity index (χ1n) is 5.10. The summed E-state index contributed by atoms with van der Waals surface area (Å²) in [4.78, 5) is 21.8. The summed E-state index contributed by atoms with van der Waals surface area (Å²) in [5.74, 6) is -3.78. The molecule has 2 N–H and O–H groups in total. The van der Waals surface area contributed by atoms with Crippen LogP contribution in [0, 0.1) is 0 Å². The number of benzene rings is 1. The molecule has 1 aromatic rings. The fourth-order valence-electron chi connectivity index (χ4n) is 1.36. The molecule has 0 aliphatic heterocycles. The highest BCUT2D eigenvalue weighted by atomic mass is 35.5. The number of amides is 1. The molecule has 0 bridgehead atoms. The molecule has 0 fully saturated rings. The van der Waals surface area contributed by atoms with Crippen molar-refractivity contribution in [3.8, 4) is 5.75 Å². The number of carbonyl (C=O) groups excluding carboxylic acids is 1. The summed E-state index contributed by atoms with van der Waals surface area (Å²) in [5, 5.41) is 10.3. The Bertz CT molecular complexity index is 533. The molecule has 1 unspecified atom stereocenters. The Hall–Kier alpha value is -1.96. The van der Waals surface area contributed by atoms with Crippen LogP contribution >= 0.6 is 11.6 Å².